The van der Waals surface area contributed by atoms with Gasteiger partial charge in [0.1, 0.15) is 0 Å². The number of rotatable bonds is 9. The molecule has 3 aromatic carbocycles. The van der Waals surface area contributed by atoms with Crippen LogP contribution in [0.1, 0.15) is 5.56 Å². The van der Waals surface area contributed by atoms with Crippen LogP contribution in [-0.4, -0.2) is 52.0 Å². The quantitative estimate of drug-likeness (QED) is 0.208. The Bertz CT molecular complexity index is 1300. The molecular formula is C25H23N5O4S. The van der Waals surface area contributed by atoms with Gasteiger partial charge < -0.3 is 14.6 Å². The van der Waals surface area contributed by atoms with Crippen molar-refractivity contribution in [1.29, 1.82) is 0 Å². The second kappa shape index (κ2) is 11.2. The molecule has 2 N–H and O–H groups in total. The van der Waals surface area contributed by atoms with Gasteiger partial charge in [-0.3, -0.25) is 9.36 Å². The van der Waals surface area contributed by atoms with E-state index in [-0.39, 0.29) is 28.9 Å². The fourth-order valence-electron chi connectivity index (χ4n) is 3.28. The van der Waals surface area contributed by atoms with Crippen molar-refractivity contribution in [3.05, 3.63) is 78.4 Å². The maximum atomic E-state index is 12.4. The molecule has 0 aliphatic heterocycles. The van der Waals surface area contributed by atoms with Gasteiger partial charge in [-0.1, -0.05) is 60.3 Å². The van der Waals surface area contributed by atoms with Crippen molar-refractivity contribution in [2.24, 2.45) is 5.10 Å². The number of carbonyl (C=O) groups excluding carboxylic acids is 1. The normalized spacial score (nSPS) is 10.9. The summed E-state index contributed by atoms with van der Waals surface area (Å²) in [6.45, 7) is 0. The average Bonchev–Trinajstić information content (AvgIpc) is 3.33. The molecule has 0 fully saturated rings. The summed E-state index contributed by atoms with van der Waals surface area (Å²) in [6.07, 6.45) is 1.44. The monoisotopic (exact) mass is 489 g/mol. The van der Waals surface area contributed by atoms with Crippen LogP contribution >= 0.6 is 11.8 Å². The molecule has 0 saturated heterocycles. The summed E-state index contributed by atoms with van der Waals surface area (Å²) in [4.78, 5) is 12.4. The molecule has 0 spiro atoms. The predicted octanol–water partition coefficient (Wildman–Crippen LogP) is 3.90. The Kier molecular flexibility index (Phi) is 7.63. The maximum Gasteiger partial charge on any atom is 0.250 e. The number of nitrogens with one attached hydrogen (secondary N) is 1. The fourth-order valence-corrected chi connectivity index (χ4v) is 4.02. The number of methoxy groups -OCH3 is 2. The van der Waals surface area contributed by atoms with E-state index in [2.05, 4.69) is 20.7 Å². The van der Waals surface area contributed by atoms with Gasteiger partial charge >= 0.3 is 0 Å². The summed E-state index contributed by atoms with van der Waals surface area (Å²) in [5.74, 6) is 0.828. The first-order chi connectivity index (χ1) is 17.1. The van der Waals surface area contributed by atoms with Crippen LogP contribution in [0.15, 0.2) is 83.1 Å². The number of phenols is 1. The van der Waals surface area contributed by atoms with Crippen molar-refractivity contribution >= 4 is 23.9 Å². The molecule has 178 valence electrons. The second-order valence-corrected chi connectivity index (χ2v) is 8.14. The molecule has 0 aliphatic carbocycles. The highest BCUT2D eigenvalue weighted by atomic mass is 32.2. The minimum Gasteiger partial charge on any atom is -0.502 e. The molecule has 0 unspecified atom stereocenters. The van der Waals surface area contributed by atoms with E-state index in [1.54, 1.807) is 12.1 Å². The number of aromatic hydroxyl groups is 1. The van der Waals surface area contributed by atoms with Crippen LogP contribution in [0.3, 0.4) is 0 Å². The van der Waals surface area contributed by atoms with Gasteiger partial charge in [-0.15, -0.1) is 10.2 Å². The third-order valence-electron chi connectivity index (χ3n) is 4.92. The number of hydrazone groups is 1. The molecule has 0 bridgehead atoms. The van der Waals surface area contributed by atoms with E-state index in [9.17, 15) is 9.90 Å². The highest BCUT2D eigenvalue weighted by molar-refractivity contribution is 7.99. The molecule has 1 aromatic heterocycles. The number of benzene rings is 3. The lowest BCUT2D eigenvalue weighted by atomic mass is 10.2. The summed E-state index contributed by atoms with van der Waals surface area (Å²) < 4.78 is 12.2. The van der Waals surface area contributed by atoms with Gasteiger partial charge in [0.2, 0.25) is 5.75 Å². The molecule has 0 saturated carbocycles. The minimum absolute atomic E-state index is 0.0827. The molecule has 1 amide bonds. The molecule has 0 radical (unpaired) electrons. The van der Waals surface area contributed by atoms with E-state index >= 15 is 0 Å². The number of amides is 1. The highest BCUT2D eigenvalue weighted by Crippen LogP contribution is 2.36. The number of ether oxygens (including phenoxy) is 2. The Morgan fingerprint density at radius 2 is 1.66 bits per heavy atom. The lowest BCUT2D eigenvalue weighted by molar-refractivity contribution is -0.118. The number of hydrogen-bond donors (Lipinski definition) is 2. The van der Waals surface area contributed by atoms with E-state index in [4.69, 9.17) is 9.47 Å². The van der Waals surface area contributed by atoms with Crippen molar-refractivity contribution in [2.45, 2.75) is 5.16 Å². The van der Waals surface area contributed by atoms with Crippen molar-refractivity contribution in [3.63, 3.8) is 0 Å². The SMILES string of the molecule is COc1cc(C=NNC(=O)CSc2nnc(-c3ccccc3)n2-c2ccccc2)cc(OC)c1O. The predicted molar refractivity (Wildman–Crippen MR) is 134 cm³/mol. The molecule has 1 heterocycles. The van der Waals surface area contributed by atoms with Gasteiger partial charge in [0.05, 0.1) is 26.2 Å². The van der Waals surface area contributed by atoms with E-state index in [0.29, 0.717) is 16.5 Å². The molecule has 9 nitrogen and oxygen atoms in total. The van der Waals surface area contributed by atoms with Crippen molar-refractivity contribution in [3.8, 4) is 34.3 Å². The van der Waals surface area contributed by atoms with E-state index < -0.39 is 0 Å². The summed E-state index contributed by atoms with van der Waals surface area (Å²) >= 11 is 1.26. The van der Waals surface area contributed by atoms with Crippen LogP contribution in [0.2, 0.25) is 0 Å². The first-order valence-corrected chi connectivity index (χ1v) is 11.5. The zero-order chi connectivity index (χ0) is 24.6. The first kappa shape index (κ1) is 23.8. The van der Waals surface area contributed by atoms with Gasteiger partial charge in [0.15, 0.2) is 22.5 Å². The summed E-state index contributed by atoms with van der Waals surface area (Å²) in [5, 5.41) is 23.3. The van der Waals surface area contributed by atoms with Crippen LogP contribution in [-0.2, 0) is 4.79 Å². The molecule has 4 rings (SSSR count). The van der Waals surface area contributed by atoms with E-state index in [1.807, 2.05) is 65.2 Å². The van der Waals surface area contributed by atoms with Crippen molar-refractivity contribution in [2.75, 3.05) is 20.0 Å². The number of nitrogens with zero attached hydrogens (tertiary/aromatic N) is 4. The lowest BCUT2D eigenvalue weighted by Crippen LogP contribution is -2.20. The van der Waals surface area contributed by atoms with Gasteiger partial charge in [-0.2, -0.15) is 5.10 Å². The largest absolute Gasteiger partial charge is 0.502 e. The number of carbonyl (C=O) groups is 1. The molecule has 35 heavy (non-hydrogen) atoms. The minimum atomic E-state index is -0.312. The molecular weight excluding hydrogens is 466 g/mol. The Labute approximate surface area is 206 Å². The topological polar surface area (TPSA) is 111 Å². The Morgan fingerprint density at radius 1 is 1.03 bits per heavy atom. The lowest BCUT2D eigenvalue weighted by Gasteiger charge is -2.10. The number of thioether (sulfide) groups is 1. The molecule has 10 heteroatoms. The standard InChI is InChI=1S/C25H23N5O4S/c1-33-20-13-17(14-21(34-2)23(20)32)15-26-27-22(31)16-35-25-29-28-24(18-9-5-3-6-10-18)30(25)19-11-7-4-8-12-19/h3-15,32H,16H2,1-2H3,(H,27,31). The maximum absolute atomic E-state index is 12.4. The zero-order valence-corrected chi connectivity index (χ0v) is 19.9. The Morgan fingerprint density at radius 3 is 2.29 bits per heavy atom. The van der Waals surface area contributed by atoms with Crippen LogP contribution < -0.4 is 14.9 Å². The number of hydrogen-bond acceptors (Lipinski definition) is 8. The van der Waals surface area contributed by atoms with Gasteiger partial charge in [0, 0.05) is 16.8 Å². The first-order valence-electron chi connectivity index (χ1n) is 10.6. The molecule has 0 atom stereocenters. The fraction of sp³-hybridized carbons (Fsp3) is 0.120. The zero-order valence-electron chi connectivity index (χ0n) is 19.1. The number of phenolic OH excluding ortho intramolecular Hbond substituents is 1. The van der Waals surface area contributed by atoms with Crippen molar-refractivity contribution in [1.82, 2.24) is 20.2 Å². The van der Waals surface area contributed by atoms with Gasteiger partial charge in [-0.05, 0) is 24.3 Å². The van der Waals surface area contributed by atoms with E-state index in [0.717, 1.165) is 11.3 Å². The second-order valence-electron chi connectivity index (χ2n) is 7.20. The van der Waals surface area contributed by atoms with E-state index in [1.165, 1.54) is 32.2 Å². The van der Waals surface area contributed by atoms with Crippen LogP contribution in [0, 0.1) is 0 Å². The summed E-state index contributed by atoms with van der Waals surface area (Å²) in [6, 6.07) is 22.7. The third kappa shape index (κ3) is 5.61. The Hall–Kier alpha value is -4.31. The van der Waals surface area contributed by atoms with Crippen molar-refractivity contribution < 1.29 is 19.4 Å². The number of para-hydroxylation sites is 1. The van der Waals surface area contributed by atoms with Crippen LogP contribution in [0.5, 0.6) is 17.2 Å². The van der Waals surface area contributed by atoms with Crippen LogP contribution in [0.25, 0.3) is 17.1 Å². The van der Waals surface area contributed by atoms with Crippen LogP contribution in [0.4, 0.5) is 0 Å². The smallest absolute Gasteiger partial charge is 0.250 e. The summed E-state index contributed by atoms with van der Waals surface area (Å²) in [5.41, 5.74) is 4.90. The third-order valence-corrected chi connectivity index (χ3v) is 5.85. The van der Waals surface area contributed by atoms with Gasteiger partial charge in [-0.25, -0.2) is 5.43 Å². The number of aromatic nitrogens is 3. The van der Waals surface area contributed by atoms with Gasteiger partial charge in [0.25, 0.3) is 5.91 Å². The molecule has 0 aliphatic rings. The average molecular weight is 490 g/mol. The molecule has 4 aromatic rings. The summed E-state index contributed by atoms with van der Waals surface area (Å²) in [7, 11) is 2.87. The highest BCUT2D eigenvalue weighted by Gasteiger charge is 2.17. The Balaban J connectivity index is 1.47.